The summed E-state index contributed by atoms with van der Waals surface area (Å²) in [6.07, 6.45) is 0.493. The Morgan fingerprint density at radius 1 is 1.21 bits per heavy atom. The molecule has 1 aromatic rings. The van der Waals surface area contributed by atoms with Crippen LogP contribution in [-0.2, 0) is 4.74 Å². The van der Waals surface area contributed by atoms with Gasteiger partial charge in [-0.3, -0.25) is 9.89 Å². The number of rotatable bonds is 10. The second kappa shape index (κ2) is 12.7. The molecule has 0 amide bonds. The Morgan fingerprint density at radius 3 is 2.48 bits per heavy atom. The molecule has 0 spiro atoms. The molecule has 2 unspecified atom stereocenters. The van der Waals surface area contributed by atoms with Gasteiger partial charge in [0.15, 0.2) is 5.96 Å². The molecule has 0 aromatic heterocycles. The lowest BCUT2D eigenvalue weighted by Gasteiger charge is -2.34. The topological polar surface area (TPSA) is 78.4 Å². The van der Waals surface area contributed by atoms with Crippen LogP contribution in [0.5, 0.6) is 5.75 Å². The third kappa shape index (κ3) is 8.20. The lowest BCUT2D eigenvalue weighted by molar-refractivity contribution is 0.0143. The van der Waals surface area contributed by atoms with E-state index < -0.39 is 6.10 Å². The SMILES string of the molecule is CCNC(=NCC(CC(C)C)N1CCOCC1)NCC(O)c1ccc(OC)cc1. The van der Waals surface area contributed by atoms with Crippen molar-refractivity contribution in [3.05, 3.63) is 29.8 Å². The molecule has 1 heterocycles. The highest BCUT2D eigenvalue weighted by Crippen LogP contribution is 2.17. The number of aliphatic imine (C=N–C) groups is 1. The third-order valence-electron chi connectivity index (χ3n) is 5.07. The zero-order chi connectivity index (χ0) is 21.1. The van der Waals surface area contributed by atoms with Crippen molar-refractivity contribution in [1.29, 1.82) is 0 Å². The number of methoxy groups -OCH3 is 1. The van der Waals surface area contributed by atoms with Crippen molar-refractivity contribution in [2.45, 2.75) is 39.3 Å². The van der Waals surface area contributed by atoms with E-state index in [-0.39, 0.29) is 0 Å². The molecule has 2 rings (SSSR count). The van der Waals surface area contributed by atoms with Crippen LogP contribution in [0.1, 0.15) is 38.9 Å². The summed E-state index contributed by atoms with van der Waals surface area (Å²) >= 11 is 0. The molecule has 7 heteroatoms. The van der Waals surface area contributed by atoms with Crippen LogP contribution in [0.25, 0.3) is 0 Å². The van der Waals surface area contributed by atoms with Gasteiger partial charge >= 0.3 is 0 Å². The van der Waals surface area contributed by atoms with Gasteiger partial charge in [0.25, 0.3) is 0 Å². The maximum atomic E-state index is 10.5. The fraction of sp³-hybridized carbons (Fsp3) is 0.682. The van der Waals surface area contributed by atoms with Gasteiger partial charge in [-0.05, 0) is 37.0 Å². The molecule has 1 saturated heterocycles. The highest BCUT2D eigenvalue weighted by Gasteiger charge is 2.22. The van der Waals surface area contributed by atoms with Crippen LogP contribution in [0.15, 0.2) is 29.3 Å². The molecule has 29 heavy (non-hydrogen) atoms. The minimum absolute atomic E-state index is 0.393. The maximum Gasteiger partial charge on any atom is 0.191 e. The Bertz CT molecular complexity index is 601. The predicted octanol–water partition coefficient (Wildman–Crippen LogP) is 2.03. The maximum absolute atomic E-state index is 10.5. The van der Waals surface area contributed by atoms with Crippen LogP contribution in [0.3, 0.4) is 0 Å². The fourth-order valence-corrected chi connectivity index (χ4v) is 3.50. The van der Waals surface area contributed by atoms with Crippen molar-refractivity contribution >= 4 is 5.96 Å². The second-order valence-electron chi connectivity index (χ2n) is 7.82. The summed E-state index contributed by atoms with van der Waals surface area (Å²) in [6, 6.07) is 7.88. The van der Waals surface area contributed by atoms with Crippen LogP contribution in [-0.4, -0.2) is 75.1 Å². The van der Waals surface area contributed by atoms with Gasteiger partial charge in [0.05, 0.1) is 33.0 Å². The number of hydrogen-bond donors (Lipinski definition) is 3. The summed E-state index contributed by atoms with van der Waals surface area (Å²) in [7, 11) is 1.63. The molecule has 1 aromatic carbocycles. The predicted molar refractivity (Wildman–Crippen MR) is 118 cm³/mol. The number of nitrogens with zero attached hydrogens (tertiary/aromatic N) is 2. The molecule has 1 fully saturated rings. The molecule has 0 saturated carbocycles. The summed E-state index contributed by atoms with van der Waals surface area (Å²) in [4.78, 5) is 7.30. The van der Waals surface area contributed by atoms with Crippen LogP contribution in [0, 0.1) is 5.92 Å². The molecule has 2 atom stereocenters. The van der Waals surface area contributed by atoms with E-state index in [4.69, 9.17) is 14.5 Å². The van der Waals surface area contributed by atoms with Gasteiger partial charge in [0, 0.05) is 32.2 Å². The molecule has 0 radical (unpaired) electrons. The van der Waals surface area contributed by atoms with Crippen molar-refractivity contribution in [1.82, 2.24) is 15.5 Å². The van der Waals surface area contributed by atoms with E-state index in [0.717, 1.165) is 63.1 Å². The molecule has 7 nitrogen and oxygen atoms in total. The van der Waals surface area contributed by atoms with Crippen molar-refractivity contribution in [3.63, 3.8) is 0 Å². The number of benzene rings is 1. The van der Waals surface area contributed by atoms with E-state index in [1.54, 1.807) is 7.11 Å². The van der Waals surface area contributed by atoms with Gasteiger partial charge in [-0.1, -0.05) is 26.0 Å². The van der Waals surface area contributed by atoms with Crippen LogP contribution >= 0.6 is 0 Å². The molecule has 1 aliphatic rings. The van der Waals surface area contributed by atoms with E-state index >= 15 is 0 Å². The number of hydrogen-bond acceptors (Lipinski definition) is 5. The standard InChI is InChI=1S/C22H38N4O3/c1-5-23-22(25-16-21(27)18-6-8-20(28-4)9-7-18)24-15-19(14-17(2)3)26-10-12-29-13-11-26/h6-9,17,19,21,27H,5,10-16H2,1-4H3,(H2,23,24,25). The van der Waals surface area contributed by atoms with E-state index in [2.05, 4.69) is 29.4 Å². The monoisotopic (exact) mass is 406 g/mol. The number of morpholine rings is 1. The fourth-order valence-electron chi connectivity index (χ4n) is 3.50. The first-order valence-electron chi connectivity index (χ1n) is 10.7. The van der Waals surface area contributed by atoms with Gasteiger partial charge in [-0.25, -0.2) is 0 Å². The minimum Gasteiger partial charge on any atom is -0.497 e. The number of nitrogens with one attached hydrogen (secondary N) is 2. The lowest BCUT2D eigenvalue weighted by Crippen LogP contribution is -2.46. The van der Waals surface area contributed by atoms with E-state index in [1.807, 2.05) is 31.2 Å². The molecule has 0 aliphatic carbocycles. The normalized spacial score (nSPS) is 17.8. The average molecular weight is 407 g/mol. The molecule has 0 bridgehead atoms. The summed E-state index contributed by atoms with van der Waals surface area (Å²) in [6.45, 7) is 12.0. The Morgan fingerprint density at radius 2 is 1.90 bits per heavy atom. The Balaban J connectivity index is 1.95. The van der Waals surface area contributed by atoms with Crippen molar-refractivity contribution < 1.29 is 14.6 Å². The molecule has 164 valence electrons. The Hall–Kier alpha value is -1.83. The summed E-state index contributed by atoms with van der Waals surface area (Å²) in [5, 5.41) is 17.1. The first-order chi connectivity index (χ1) is 14.0. The Kier molecular flexibility index (Phi) is 10.2. The largest absolute Gasteiger partial charge is 0.497 e. The average Bonchev–Trinajstić information content (AvgIpc) is 2.74. The van der Waals surface area contributed by atoms with Crippen LogP contribution in [0.2, 0.25) is 0 Å². The quantitative estimate of drug-likeness (QED) is 0.408. The zero-order valence-electron chi connectivity index (χ0n) is 18.4. The highest BCUT2D eigenvalue weighted by atomic mass is 16.5. The first-order valence-corrected chi connectivity index (χ1v) is 10.7. The molecular formula is C22H38N4O3. The summed E-state index contributed by atoms with van der Waals surface area (Å²) < 4.78 is 10.7. The smallest absolute Gasteiger partial charge is 0.191 e. The number of aliphatic hydroxyl groups is 1. The summed E-state index contributed by atoms with van der Waals surface area (Å²) in [5.74, 6) is 2.13. The van der Waals surface area contributed by atoms with E-state index in [9.17, 15) is 5.11 Å². The van der Waals surface area contributed by atoms with Gasteiger partial charge in [-0.15, -0.1) is 0 Å². The Labute approximate surface area is 175 Å². The zero-order valence-corrected chi connectivity index (χ0v) is 18.4. The lowest BCUT2D eigenvalue weighted by atomic mass is 10.0. The number of aliphatic hydroxyl groups excluding tert-OH is 1. The van der Waals surface area contributed by atoms with Crippen molar-refractivity contribution in [3.8, 4) is 5.75 Å². The molecule has 3 N–H and O–H groups in total. The van der Waals surface area contributed by atoms with E-state index in [0.29, 0.717) is 18.5 Å². The van der Waals surface area contributed by atoms with Gasteiger partial charge in [0.1, 0.15) is 5.75 Å². The highest BCUT2D eigenvalue weighted by molar-refractivity contribution is 5.79. The van der Waals surface area contributed by atoms with Crippen molar-refractivity contribution in [2.24, 2.45) is 10.9 Å². The van der Waals surface area contributed by atoms with Gasteiger partial charge in [-0.2, -0.15) is 0 Å². The van der Waals surface area contributed by atoms with E-state index in [1.165, 1.54) is 0 Å². The first kappa shape index (κ1) is 23.4. The molecule has 1 aliphatic heterocycles. The molecular weight excluding hydrogens is 368 g/mol. The second-order valence-corrected chi connectivity index (χ2v) is 7.82. The van der Waals surface area contributed by atoms with Crippen LogP contribution < -0.4 is 15.4 Å². The van der Waals surface area contributed by atoms with Gasteiger partial charge in [0.2, 0.25) is 0 Å². The number of guanidine groups is 1. The third-order valence-corrected chi connectivity index (χ3v) is 5.07. The number of ether oxygens (including phenoxy) is 2. The minimum atomic E-state index is -0.615. The van der Waals surface area contributed by atoms with Crippen LogP contribution in [0.4, 0.5) is 0 Å². The van der Waals surface area contributed by atoms with Gasteiger partial charge < -0.3 is 25.2 Å². The summed E-state index contributed by atoms with van der Waals surface area (Å²) in [5.41, 5.74) is 0.847. The van der Waals surface area contributed by atoms with Crippen molar-refractivity contribution in [2.75, 3.05) is 53.0 Å².